The lowest BCUT2D eigenvalue weighted by atomic mass is 10.2. The van der Waals surface area contributed by atoms with Gasteiger partial charge in [-0.25, -0.2) is 8.37 Å². The van der Waals surface area contributed by atoms with Crippen molar-refractivity contribution in [3.63, 3.8) is 0 Å². The first kappa shape index (κ1) is 25.3. The molecule has 0 aliphatic rings. The fraction of sp³-hybridized carbons (Fsp3) is 1.00. The van der Waals surface area contributed by atoms with Crippen molar-refractivity contribution in [2.45, 2.75) is 116 Å². The van der Waals surface area contributed by atoms with Crippen LogP contribution >= 0.6 is 0 Å². The molecule has 0 aromatic carbocycles. The first-order valence-electron chi connectivity index (χ1n) is 9.95. The van der Waals surface area contributed by atoms with Crippen molar-refractivity contribution in [3.05, 3.63) is 0 Å². The molecule has 2 unspecified atom stereocenters. The van der Waals surface area contributed by atoms with E-state index in [1.54, 1.807) is 0 Å². The molecule has 0 saturated carbocycles. The average Bonchev–Trinajstić information content (AvgIpc) is 2.43. The van der Waals surface area contributed by atoms with Crippen molar-refractivity contribution in [2.24, 2.45) is 0 Å². The van der Waals surface area contributed by atoms with Gasteiger partial charge in [0.25, 0.3) is 0 Å². The van der Waals surface area contributed by atoms with Gasteiger partial charge in [0.05, 0.1) is 27.6 Å². The molecule has 4 nitrogen and oxygen atoms in total. The van der Waals surface area contributed by atoms with Gasteiger partial charge in [0.2, 0.25) is 0 Å². The summed E-state index contributed by atoms with van der Waals surface area (Å²) in [7, 11) is -7.44. The standard InChI is InChI=1S/C18H42O4SSi2/c1-9-11-13-15-17(24(3,4)5)21-23(19,20)22-18(25(6,7)8)16-14-12-10-2/h17-18H,9-16H2,1-8H3. The van der Waals surface area contributed by atoms with E-state index in [0.717, 1.165) is 51.4 Å². The lowest BCUT2D eigenvalue weighted by Gasteiger charge is -2.31. The molecule has 152 valence electrons. The zero-order chi connectivity index (χ0) is 19.7. The third kappa shape index (κ3) is 11.6. The minimum absolute atomic E-state index is 0.207. The van der Waals surface area contributed by atoms with E-state index in [0.29, 0.717) is 0 Å². The van der Waals surface area contributed by atoms with Gasteiger partial charge in [-0.05, 0) is 12.8 Å². The van der Waals surface area contributed by atoms with E-state index in [2.05, 4.69) is 53.1 Å². The summed E-state index contributed by atoms with van der Waals surface area (Å²) in [5, 5.41) is 0. The highest BCUT2D eigenvalue weighted by Gasteiger charge is 2.36. The summed E-state index contributed by atoms with van der Waals surface area (Å²) in [4.78, 5) is 0. The van der Waals surface area contributed by atoms with Gasteiger partial charge in [-0.2, -0.15) is 8.42 Å². The second-order valence-electron chi connectivity index (χ2n) is 9.30. The largest absolute Gasteiger partial charge is 0.399 e. The molecule has 2 atom stereocenters. The summed E-state index contributed by atoms with van der Waals surface area (Å²) < 4.78 is 36.4. The minimum Gasteiger partial charge on any atom is -0.248 e. The van der Waals surface area contributed by atoms with Gasteiger partial charge in [-0.15, -0.1) is 0 Å². The van der Waals surface area contributed by atoms with Gasteiger partial charge in [0, 0.05) is 0 Å². The van der Waals surface area contributed by atoms with Gasteiger partial charge in [-0.3, -0.25) is 0 Å². The van der Waals surface area contributed by atoms with Gasteiger partial charge < -0.3 is 0 Å². The molecule has 0 heterocycles. The van der Waals surface area contributed by atoms with Gasteiger partial charge in [0.1, 0.15) is 0 Å². The summed E-state index contributed by atoms with van der Waals surface area (Å²) >= 11 is 0. The maximum atomic E-state index is 12.6. The van der Waals surface area contributed by atoms with E-state index in [-0.39, 0.29) is 11.5 Å². The van der Waals surface area contributed by atoms with E-state index in [9.17, 15) is 8.42 Å². The van der Waals surface area contributed by atoms with Crippen LogP contribution in [-0.4, -0.2) is 36.0 Å². The van der Waals surface area contributed by atoms with Crippen molar-refractivity contribution in [2.75, 3.05) is 0 Å². The summed E-state index contributed by atoms with van der Waals surface area (Å²) in [5.41, 5.74) is -0.413. The molecule has 0 aromatic rings. The molecular weight excluding hydrogens is 368 g/mol. The molecule has 0 spiro atoms. The summed E-state index contributed by atoms with van der Waals surface area (Å²) in [6, 6.07) is 0. The Kier molecular flexibility index (Phi) is 11.4. The van der Waals surface area contributed by atoms with E-state index in [1.807, 2.05) is 0 Å². The van der Waals surface area contributed by atoms with Crippen LogP contribution in [0.15, 0.2) is 0 Å². The normalized spacial score (nSPS) is 16.0. The van der Waals surface area contributed by atoms with Crippen LogP contribution in [0.5, 0.6) is 0 Å². The molecule has 0 fully saturated rings. The van der Waals surface area contributed by atoms with E-state index in [4.69, 9.17) is 8.37 Å². The van der Waals surface area contributed by atoms with Crippen LogP contribution in [0, 0.1) is 0 Å². The summed E-state index contributed by atoms with van der Waals surface area (Å²) in [6.07, 6.45) is 8.09. The Hall–Kier alpha value is 0.304. The molecule has 0 saturated heterocycles. The van der Waals surface area contributed by atoms with Crippen molar-refractivity contribution < 1.29 is 16.8 Å². The molecule has 25 heavy (non-hydrogen) atoms. The van der Waals surface area contributed by atoms with Crippen LogP contribution < -0.4 is 0 Å². The smallest absolute Gasteiger partial charge is 0.248 e. The highest BCUT2D eigenvalue weighted by Crippen LogP contribution is 2.25. The summed E-state index contributed by atoms with van der Waals surface area (Å²) in [6.45, 7) is 17.3. The highest BCUT2D eigenvalue weighted by molar-refractivity contribution is 7.82. The molecule has 0 rings (SSSR count). The SMILES string of the molecule is CCCCCC(OS(=O)(=O)OC(CCCCC)[Si](C)(C)C)[Si](C)(C)C. The second kappa shape index (κ2) is 11.2. The lowest BCUT2D eigenvalue weighted by Crippen LogP contribution is -2.45. The monoisotopic (exact) mass is 410 g/mol. The quantitative estimate of drug-likeness (QED) is 0.263. The number of unbranched alkanes of at least 4 members (excludes halogenated alkanes) is 4. The third-order valence-corrected chi connectivity index (χ3v) is 10.5. The predicted octanol–water partition coefficient (Wildman–Crippen LogP) is 5.92. The highest BCUT2D eigenvalue weighted by atomic mass is 32.3. The Bertz CT molecular complexity index is 417. The lowest BCUT2D eigenvalue weighted by molar-refractivity contribution is 0.165. The van der Waals surface area contributed by atoms with Gasteiger partial charge in [-0.1, -0.05) is 91.7 Å². The number of rotatable bonds is 14. The fourth-order valence-electron chi connectivity index (χ4n) is 2.72. The average molecular weight is 411 g/mol. The Balaban J connectivity index is 5.02. The molecule has 0 aliphatic carbocycles. The zero-order valence-corrected chi connectivity index (χ0v) is 20.7. The van der Waals surface area contributed by atoms with Crippen LogP contribution in [0.1, 0.15) is 65.2 Å². The third-order valence-electron chi connectivity index (χ3n) is 4.54. The van der Waals surface area contributed by atoms with Gasteiger partial charge >= 0.3 is 10.4 Å². The molecule has 0 bridgehead atoms. The van der Waals surface area contributed by atoms with Crippen molar-refractivity contribution in [3.8, 4) is 0 Å². The predicted molar refractivity (Wildman–Crippen MR) is 114 cm³/mol. The van der Waals surface area contributed by atoms with E-state index in [1.165, 1.54) is 0 Å². The van der Waals surface area contributed by atoms with Crippen molar-refractivity contribution in [1.29, 1.82) is 0 Å². The Morgan fingerprint density at radius 3 is 1.24 bits per heavy atom. The molecule has 0 N–H and O–H groups in total. The van der Waals surface area contributed by atoms with Crippen molar-refractivity contribution >= 4 is 26.5 Å². The van der Waals surface area contributed by atoms with Crippen LogP contribution in [0.2, 0.25) is 39.3 Å². The maximum Gasteiger partial charge on any atom is 0.399 e. The molecule has 0 aromatic heterocycles. The zero-order valence-electron chi connectivity index (χ0n) is 17.9. The Labute approximate surface area is 159 Å². The molecule has 0 amide bonds. The maximum absolute atomic E-state index is 12.6. The topological polar surface area (TPSA) is 52.6 Å². The molecule has 0 aliphatic heterocycles. The van der Waals surface area contributed by atoms with E-state index < -0.39 is 26.5 Å². The van der Waals surface area contributed by atoms with Gasteiger partial charge in [0.15, 0.2) is 0 Å². The second-order valence-corrected chi connectivity index (χ2v) is 21.3. The van der Waals surface area contributed by atoms with E-state index >= 15 is 0 Å². The van der Waals surface area contributed by atoms with Crippen LogP contribution in [0.3, 0.4) is 0 Å². The first-order chi connectivity index (χ1) is 11.3. The fourth-order valence-corrected chi connectivity index (χ4v) is 8.68. The molecular formula is C18H42O4SSi2. The Morgan fingerprint density at radius 2 is 1.00 bits per heavy atom. The number of hydrogen-bond acceptors (Lipinski definition) is 4. The minimum atomic E-state index is -3.95. The number of hydrogen-bond donors (Lipinski definition) is 0. The first-order valence-corrected chi connectivity index (χ1v) is 18.4. The van der Waals surface area contributed by atoms with Crippen LogP contribution in [0.4, 0.5) is 0 Å². The van der Waals surface area contributed by atoms with Crippen molar-refractivity contribution in [1.82, 2.24) is 0 Å². The Morgan fingerprint density at radius 1 is 0.680 bits per heavy atom. The summed E-state index contributed by atoms with van der Waals surface area (Å²) in [5.74, 6) is 0. The van der Waals surface area contributed by atoms with Crippen LogP contribution in [0.25, 0.3) is 0 Å². The van der Waals surface area contributed by atoms with Crippen LogP contribution in [-0.2, 0) is 18.8 Å². The molecule has 0 radical (unpaired) electrons. The molecule has 7 heteroatoms.